The van der Waals surface area contributed by atoms with E-state index in [-0.39, 0.29) is 17.1 Å². The molecule has 0 spiro atoms. The van der Waals surface area contributed by atoms with Crippen LogP contribution in [-0.2, 0) is 9.59 Å². The van der Waals surface area contributed by atoms with E-state index in [2.05, 4.69) is 0 Å². The largest absolute Gasteiger partial charge is 0.300 e. The van der Waals surface area contributed by atoms with Gasteiger partial charge in [-0.05, 0) is 26.7 Å². The van der Waals surface area contributed by atoms with Gasteiger partial charge in [-0.15, -0.1) is 0 Å². The Morgan fingerprint density at radius 3 is 1.53 bits per heavy atom. The summed E-state index contributed by atoms with van der Waals surface area (Å²) in [6.45, 7) is 13.2. The van der Waals surface area contributed by atoms with Crippen LogP contribution < -0.4 is 0 Å². The van der Waals surface area contributed by atoms with Crippen molar-refractivity contribution in [2.24, 2.45) is 11.3 Å². The Bertz CT molecular complexity index is 205. The molecule has 0 unspecified atom stereocenters. The van der Waals surface area contributed by atoms with E-state index in [0.29, 0.717) is 5.78 Å². The fraction of sp³-hybridized carbons (Fsp3) is 0.846. The number of rotatable bonds is 4. The van der Waals surface area contributed by atoms with Crippen molar-refractivity contribution in [1.29, 1.82) is 0 Å². The summed E-state index contributed by atoms with van der Waals surface area (Å²) in [5.41, 5.74) is -0.0972. The smallest absolute Gasteiger partial charge is 0.135 e. The van der Waals surface area contributed by atoms with Gasteiger partial charge in [0.25, 0.3) is 0 Å². The summed E-state index contributed by atoms with van der Waals surface area (Å²) >= 11 is 0. The second-order valence-corrected chi connectivity index (χ2v) is 4.71. The third-order valence-corrected chi connectivity index (χ3v) is 3.14. The zero-order valence-corrected chi connectivity index (χ0v) is 11.3. The Morgan fingerprint density at radius 1 is 1.13 bits per heavy atom. The molecule has 2 heteroatoms. The van der Waals surface area contributed by atoms with Crippen molar-refractivity contribution in [2.45, 2.75) is 61.3 Å². The van der Waals surface area contributed by atoms with Crippen LogP contribution in [0.25, 0.3) is 0 Å². The summed E-state index contributed by atoms with van der Waals surface area (Å²) in [6.07, 6.45) is 1.90. The molecule has 2 nitrogen and oxygen atoms in total. The average Bonchev–Trinajstić information content (AvgIpc) is 2.17. The Labute approximate surface area is 94.4 Å². The lowest BCUT2D eigenvalue weighted by atomic mass is 9.86. The molecule has 0 aromatic carbocycles. The van der Waals surface area contributed by atoms with Gasteiger partial charge in [-0.3, -0.25) is 9.59 Å². The average molecular weight is 214 g/mol. The highest BCUT2D eigenvalue weighted by Crippen LogP contribution is 2.19. The van der Waals surface area contributed by atoms with Crippen molar-refractivity contribution in [1.82, 2.24) is 0 Å². The van der Waals surface area contributed by atoms with Gasteiger partial charge in [0.2, 0.25) is 0 Å². The zero-order valence-electron chi connectivity index (χ0n) is 11.3. The Balaban J connectivity index is 0. The molecular weight excluding hydrogens is 188 g/mol. The third-order valence-electron chi connectivity index (χ3n) is 3.14. The van der Waals surface area contributed by atoms with E-state index in [1.54, 1.807) is 13.8 Å². The van der Waals surface area contributed by atoms with Crippen molar-refractivity contribution in [3.05, 3.63) is 0 Å². The third kappa shape index (κ3) is 8.34. The van der Waals surface area contributed by atoms with Crippen LogP contribution in [0.3, 0.4) is 0 Å². The maximum atomic E-state index is 10.7. The minimum atomic E-state index is -0.0972. The first-order valence-electron chi connectivity index (χ1n) is 5.70. The quantitative estimate of drug-likeness (QED) is 0.716. The Kier molecular flexibility index (Phi) is 8.50. The number of carbonyl (C=O) groups excluding carboxylic acids is 2. The maximum absolute atomic E-state index is 10.7. The lowest BCUT2D eigenvalue weighted by Gasteiger charge is -2.17. The standard InChI is InChI=1S/C7H14O.C6H12O/c1-5-7(3,4)6(2)8;1-4-5(2)6(3)7/h5H2,1-4H3;5H,4H2,1-3H3/t;5-/m.0/s1. The minimum Gasteiger partial charge on any atom is -0.300 e. The second-order valence-electron chi connectivity index (χ2n) is 4.71. The molecule has 0 saturated heterocycles. The monoisotopic (exact) mass is 214 g/mol. The fourth-order valence-electron chi connectivity index (χ4n) is 0.536. The van der Waals surface area contributed by atoms with Crippen LogP contribution >= 0.6 is 0 Å². The van der Waals surface area contributed by atoms with Crippen molar-refractivity contribution in [3.8, 4) is 0 Å². The van der Waals surface area contributed by atoms with Crippen LogP contribution in [0.4, 0.5) is 0 Å². The summed E-state index contributed by atoms with van der Waals surface area (Å²) < 4.78 is 0. The molecule has 0 aliphatic rings. The molecule has 1 atom stereocenters. The molecule has 0 aromatic heterocycles. The molecule has 0 radical (unpaired) electrons. The molecule has 0 aliphatic heterocycles. The normalized spacial score (nSPS) is 12.5. The molecule has 0 bridgehead atoms. The first-order chi connectivity index (χ1) is 6.68. The number of ketones is 2. The van der Waals surface area contributed by atoms with E-state index in [0.717, 1.165) is 12.8 Å². The topological polar surface area (TPSA) is 34.1 Å². The van der Waals surface area contributed by atoms with Gasteiger partial charge < -0.3 is 0 Å². The van der Waals surface area contributed by atoms with Gasteiger partial charge in [0.15, 0.2) is 0 Å². The summed E-state index contributed by atoms with van der Waals surface area (Å²) in [5, 5.41) is 0. The molecular formula is C13H26O2. The van der Waals surface area contributed by atoms with E-state index < -0.39 is 0 Å². The highest BCUT2D eigenvalue weighted by Gasteiger charge is 2.19. The van der Waals surface area contributed by atoms with E-state index in [9.17, 15) is 9.59 Å². The first-order valence-corrected chi connectivity index (χ1v) is 5.70. The van der Waals surface area contributed by atoms with E-state index >= 15 is 0 Å². The molecule has 0 rings (SSSR count). The zero-order chi connectivity index (χ0) is 12.6. The van der Waals surface area contributed by atoms with Crippen molar-refractivity contribution in [2.75, 3.05) is 0 Å². The minimum absolute atomic E-state index is 0.0972. The Hall–Kier alpha value is -0.660. The van der Waals surface area contributed by atoms with Crippen LogP contribution in [0.15, 0.2) is 0 Å². The molecule has 0 amide bonds. The molecule has 0 fully saturated rings. The second kappa shape index (κ2) is 7.61. The number of Topliss-reactive ketones (excluding diaryl/α,β-unsaturated/α-hetero) is 2. The van der Waals surface area contributed by atoms with Crippen LogP contribution in [0, 0.1) is 11.3 Å². The summed E-state index contributed by atoms with van der Waals surface area (Å²) in [4.78, 5) is 21.1. The van der Waals surface area contributed by atoms with Crippen LogP contribution in [0.2, 0.25) is 0 Å². The molecule has 15 heavy (non-hydrogen) atoms. The predicted octanol–water partition coefficient (Wildman–Crippen LogP) is 3.63. The van der Waals surface area contributed by atoms with Gasteiger partial charge in [0, 0.05) is 11.3 Å². The molecule has 0 aromatic rings. The molecule has 0 aliphatic carbocycles. The SMILES string of the molecule is CCC(C)(C)C(C)=O.CC[C@H](C)C(C)=O. The maximum Gasteiger partial charge on any atom is 0.135 e. The van der Waals surface area contributed by atoms with Crippen molar-refractivity contribution in [3.63, 3.8) is 0 Å². The van der Waals surface area contributed by atoms with Gasteiger partial charge in [-0.2, -0.15) is 0 Å². The Morgan fingerprint density at radius 2 is 1.53 bits per heavy atom. The van der Waals surface area contributed by atoms with Gasteiger partial charge in [-0.1, -0.05) is 34.6 Å². The molecule has 0 N–H and O–H groups in total. The summed E-state index contributed by atoms with van der Waals surface area (Å²) in [5.74, 6) is 0.836. The van der Waals surface area contributed by atoms with Crippen LogP contribution in [-0.4, -0.2) is 11.6 Å². The first kappa shape index (κ1) is 16.8. The fourth-order valence-corrected chi connectivity index (χ4v) is 0.536. The number of hydrogen-bond donors (Lipinski definition) is 0. The molecule has 0 saturated carbocycles. The van der Waals surface area contributed by atoms with E-state index in [1.165, 1.54) is 0 Å². The molecule has 90 valence electrons. The van der Waals surface area contributed by atoms with Crippen molar-refractivity contribution < 1.29 is 9.59 Å². The molecule has 0 heterocycles. The van der Waals surface area contributed by atoms with E-state index in [4.69, 9.17) is 0 Å². The van der Waals surface area contributed by atoms with Crippen LogP contribution in [0.5, 0.6) is 0 Å². The number of hydrogen-bond acceptors (Lipinski definition) is 2. The lowest BCUT2D eigenvalue weighted by molar-refractivity contribution is -0.125. The van der Waals surface area contributed by atoms with Gasteiger partial charge in [0.1, 0.15) is 11.6 Å². The lowest BCUT2D eigenvalue weighted by Crippen LogP contribution is -2.19. The highest BCUT2D eigenvalue weighted by atomic mass is 16.1. The highest BCUT2D eigenvalue weighted by molar-refractivity contribution is 5.81. The van der Waals surface area contributed by atoms with E-state index in [1.807, 2.05) is 34.6 Å². The van der Waals surface area contributed by atoms with Crippen molar-refractivity contribution >= 4 is 11.6 Å². The summed E-state index contributed by atoms with van der Waals surface area (Å²) in [6, 6.07) is 0. The van der Waals surface area contributed by atoms with Gasteiger partial charge in [0.05, 0.1) is 0 Å². The summed E-state index contributed by atoms with van der Waals surface area (Å²) in [7, 11) is 0. The van der Waals surface area contributed by atoms with Gasteiger partial charge in [-0.25, -0.2) is 0 Å². The predicted molar refractivity (Wildman–Crippen MR) is 64.9 cm³/mol. The van der Waals surface area contributed by atoms with Gasteiger partial charge >= 0.3 is 0 Å². The number of carbonyl (C=O) groups is 2. The van der Waals surface area contributed by atoms with Crippen LogP contribution in [0.1, 0.15) is 61.3 Å².